The summed E-state index contributed by atoms with van der Waals surface area (Å²) in [6.07, 6.45) is 0. The Labute approximate surface area is 157 Å². The summed E-state index contributed by atoms with van der Waals surface area (Å²) in [7, 11) is -2.92. The van der Waals surface area contributed by atoms with Crippen LogP contribution in [-0.4, -0.2) is 26.4 Å². The number of nitrogens with zero attached hydrogens (tertiary/aromatic N) is 1. The van der Waals surface area contributed by atoms with E-state index in [0.29, 0.717) is 11.1 Å². The second-order valence-corrected chi connectivity index (χ2v) is 7.71. The quantitative estimate of drug-likeness (QED) is 0.440. The average Bonchev–Trinajstić information content (AvgIpc) is 2.65. The van der Waals surface area contributed by atoms with Gasteiger partial charge in [-0.25, -0.2) is 13.1 Å². The van der Waals surface area contributed by atoms with E-state index in [2.05, 4.69) is 4.72 Å². The number of aryl methyl sites for hydroxylation is 1. The fourth-order valence-corrected chi connectivity index (χ4v) is 4.23. The number of ether oxygens (including phenoxy) is 1. The van der Waals surface area contributed by atoms with Gasteiger partial charge < -0.3 is 4.74 Å². The van der Waals surface area contributed by atoms with Crippen LogP contribution in [0.3, 0.4) is 0 Å². The summed E-state index contributed by atoms with van der Waals surface area (Å²) in [6.45, 7) is 3.09. The first-order valence-electron chi connectivity index (χ1n) is 8.07. The molecule has 144 valence electrons. The number of methoxy groups -OCH3 is 1. The summed E-state index contributed by atoms with van der Waals surface area (Å²) < 4.78 is 33.1. The van der Waals surface area contributed by atoms with Gasteiger partial charge in [0.1, 0.15) is 0 Å². The molecule has 27 heavy (non-hydrogen) atoms. The lowest BCUT2D eigenvalue weighted by Crippen LogP contribution is -2.36. The Morgan fingerprint density at radius 1 is 1.19 bits per heavy atom. The second-order valence-electron chi connectivity index (χ2n) is 6.03. The van der Waals surface area contributed by atoms with Crippen molar-refractivity contribution < 1.29 is 22.9 Å². The highest BCUT2D eigenvalue weighted by molar-refractivity contribution is 7.89. The lowest BCUT2D eigenvalue weighted by Gasteiger charge is -2.24. The number of nitro groups is 1. The van der Waals surface area contributed by atoms with E-state index < -0.39 is 32.9 Å². The molecule has 0 aromatic heterocycles. The molecule has 2 atom stereocenters. The number of benzene rings is 2. The summed E-state index contributed by atoms with van der Waals surface area (Å²) >= 11 is 0. The minimum atomic E-state index is -4.14. The van der Waals surface area contributed by atoms with Crippen LogP contribution in [0.5, 0.6) is 0 Å². The van der Waals surface area contributed by atoms with Crippen molar-refractivity contribution in [2.75, 3.05) is 7.11 Å². The normalized spacial score (nSPS) is 13.6. The van der Waals surface area contributed by atoms with Gasteiger partial charge in [0, 0.05) is 12.1 Å². The van der Waals surface area contributed by atoms with Crippen molar-refractivity contribution in [2.24, 2.45) is 5.92 Å². The highest BCUT2D eigenvalue weighted by atomic mass is 32.2. The SMILES string of the molecule is COC(=O)[C@H](C)[C@@H](NS(=O)(=O)c1cc([N+](=O)[O-])ccc1C)c1ccccc1. The zero-order valence-corrected chi connectivity index (χ0v) is 15.9. The molecule has 0 aliphatic rings. The molecule has 0 aliphatic carbocycles. The van der Waals surface area contributed by atoms with Gasteiger partial charge in [-0.1, -0.05) is 43.3 Å². The topological polar surface area (TPSA) is 116 Å². The summed E-state index contributed by atoms with van der Waals surface area (Å²) in [5.41, 5.74) is 0.589. The van der Waals surface area contributed by atoms with Gasteiger partial charge in [0.05, 0.1) is 28.9 Å². The molecule has 1 N–H and O–H groups in total. The van der Waals surface area contributed by atoms with Crippen molar-refractivity contribution in [3.63, 3.8) is 0 Å². The van der Waals surface area contributed by atoms with Gasteiger partial charge in [-0.05, 0) is 18.1 Å². The first kappa shape index (κ1) is 20.5. The summed E-state index contributed by atoms with van der Waals surface area (Å²) in [6, 6.07) is 11.3. The summed E-state index contributed by atoms with van der Waals surface area (Å²) in [5, 5.41) is 11.0. The predicted octanol–water partition coefficient (Wildman–Crippen LogP) is 2.73. The van der Waals surface area contributed by atoms with Gasteiger partial charge >= 0.3 is 5.97 Å². The molecule has 0 bridgehead atoms. The maximum absolute atomic E-state index is 12.9. The number of non-ortho nitro benzene ring substituents is 1. The molecule has 0 radical (unpaired) electrons. The number of hydrogen-bond donors (Lipinski definition) is 1. The Morgan fingerprint density at radius 2 is 1.81 bits per heavy atom. The second kappa shape index (κ2) is 8.28. The Bertz CT molecular complexity index is 944. The maximum atomic E-state index is 12.9. The van der Waals surface area contributed by atoms with Crippen molar-refractivity contribution >= 4 is 21.7 Å². The third-order valence-corrected chi connectivity index (χ3v) is 5.77. The van der Waals surface area contributed by atoms with Crippen LogP contribution in [0.1, 0.15) is 24.1 Å². The maximum Gasteiger partial charge on any atom is 0.310 e. The Balaban J connectivity index is 2.49. The van der Waals surface area contributed by atoms with Crippen LogP contribution in [0.15, 0.2) is 53.4 Å². The molecule has 2 aromatic rings. The number of nitro benzene ring substituents is 1. The minimum Gasteiger partial charge on any atom is -0.469 e. The molecule has 0 saturated carbocycles. The minimum absolute atomic E-state index is 0.213. The Kier molecular flexibility index (Phi) is 6.29. The van der Waals surface area contributed by atoms with Crippen molar-refractivity contribution in [2.45, 2.75) is 24.8 Å². The smallest absolute Gasteiger partial charge is 0.310 e. The first-order chi connectivity index (χ1) is 12.7. The molecule has 2 aromatic carbocycles. The van der Waals surface area contributed by atoms with Gasteiger partial charge in [0.25, 0.3) is 5.69 Å². The van der Waals surface area contributed by atoms with E-state index in [1.54, 1.807) is 44.2 Å². The van der Waals surface area contributed by atoms with E-state index in [4.69, 9.17) is 4.74 Å². The van der Waals surface area contributed by atoms with E-state index in [-0.39, 0.29) is 10.6 Å². The zero-order chi connectivity index (χ0) is 20.2. The molecule has 0 saturated heterocycles. The van der Waals surface area contributed by atoms with Crippen LogP contribution in [0.2, 0.25) is 0 Å². The van der Waals surface area contributed by atoms with Crippen LogP contribution < -0.4 is 4.72 Å². The van der Waals surface area contributed by atoms with Crippen LogP contribution in [0, 0.1) is 23.0 Å². The lowest BCUT2D eigenvalue weighted by molar-refractivity contribution is -0.385. The molecule has 0 aliphatic heterocycles. The summed E-state index contributed by atoms with van der Waals surface area (Å²) in [5.74, 6) is -1.39. The molecule has 0 spiro atoms. The largest absolute Gasteiger partial charge is 0.469 e. The highest BCUT2D eigenvalue weighted by Crippen LogP contribution is 2.28. The predicted molar refractivity (Wildman–Crippen MR) is 98.5 cm³/mol. The van der Waals surface area contributed by atoms with E-state index >= 15 is 0 Å². The number of nitrogens with one attached hydrogen (secondary N) is 1. The fraction of sp³-hybridized carbons (Fsp3) is 0.278. The van der Waals surface area contributed by atoms with E-state index in [1.807, 2.05) is 0 Å². The van der Waals surface area contributed by atoms with Gasteiger partial charge in [-0.3, -0.25) is 14.9 Å². The number of sulfonamides is 1. The number of carbonyl (C=O) groups excluding carboxylic acids is 1. The van der Waals surface area contributed by atoms with E-state index in [0.717, 1.165) is 6.07 Å². The van der Waals surface area contributed by atoms with Gasteiger partial charge in [-0.2, -0.15) is 0 Å². The molecular weight excluding hydrogens is 372 g/mol. The number of rotatable bonds is 7. The molecular formula is C18H20N2O6S. The molecule has 9 heteroatoms. The van der Waals surface area contributed by atoms with Crippen LogP contribution in [0.4, 0.5) is 5.69 Å². The van der Waals surface area contributed by atoms with Gasteiger partial charge in [0.2, 0.25) is 10.0 Å². The molecule has 0 heterocycles. The third kappa shape index (κ3) is 4.69. The van der Waals surface area contributed by atoms with Crippen molar-refractivity contribution in [3.8, 4) is 0 Å². The van der Waals surface area contributed by atoms with Crippen molar-refractivity contribution in [1.29, 1.82) is 0 Å². The van der Waals surface area contributed by atoms with Gasteiger partial charge in [0.15, 0.2) is 0 Å². The highest BCUT2D eigenvalue weighted by Gasteiger charge is 2.32. The third-order valence-electron chi connectivity index (χ3n) is 4.19. The standard InChI is InChI=1S/C18H20N2O6S/c1-12-9-10-15(20(22)23)11-16(12)27(24,25)19-17(13(2)18(21)26-3)14-7-5-4-6-8-14/h4-11,13,17,19H,1-3H3/t13-,17-/m1/s1. The van der Waals surface area contributed by atoms with Crippen molar-refractivity contribution in [3.05, 3.63) is 69.8 Å². The lowest BCUT2D eigenvalue weighted by atomic mass is 9.95. The van der Waals surface area contributed by atoms with Gasteiger partial charge in [-0.15, -0.1) is 0 Å². The average molecular weight is 392 g/mol. The number of carbonyl (C=O) groups is 1. The molecule has 8 nitrogen and oxygen atoms in total. The number of esters is 1. The fourth-order valence-electron chi connectivity index (χ4n) is 2.66. The molecule has 0 unspecified atom stereocenters. The molecule has 0 amide bonds. The zero-order valence-electron chi connectivity index (χ0n) is 15.1. The molecule has 2 rings (SSSR count). The molecule has 0 fully saturated rings. The Hall–Kier alpha value is -2.78. The first-order valence-corrected chi connectivity index (χ1v) is 9.56. The number of hydrogen-bond acceptors (Lipinski definition) is 6. The van der Waals surface area contributed by atoms with E-state index in [1.165, 1.54) is 19.2 Å². The summed E-state index contributed by atoms with van der Waals surface area (Å²) in [4.78, 5) is 22.1. The van der Waals surface area contributed by atoms with Crippen molar-refractivity contribution in [1.82, 2.24) is 4.72 Å². The van der Waals surface area contributed by atoms with Crippen LogP contribution in [-0.2, 0) is 19.6 Å². The van der Waals surface area contributed by atoms with Crippen LogP contribution in [0.25, 0.3) is 0 Å². The van der Waals surface area contributed by atoms with Crippen LogP contribution >= 0.6 is 0 Å². The van der Waals surface area contributed by atoms with E-state index in [9.17, 15) is 23.3 Å². The Morgan fingerprint density at radius 3 is 2.37 bits per heavy atom. The monoisotopic (exact) mass is 392 g/mol.